The average molecular weight is 242 g/mol. The summed E-state index contributed by atoms with van der Waals surface area (Å²) >= 11 is 0. The summed E-state index contributed by atoms with van der Waals surface area (Å²) in [4.78, 5) is 3.09. The number of nitrogens with zero attached hydrogens (tertiary/aromatic N) is 2. The Morgan fingerprint density at radius 3 is 3.00 bits per heavy atom. The second kappa shape index (κ2) is 4.19. The molecule has 3 rings (SSSR count). The van der Waals surface area contributed by atoms with Gasteiger partial charge in [-0.25, -0.2) is 4.39 Å². The minimum absolute atomic E-state index is 0.272. The Balaban J connectivity index is 2.21. The maximum absolute atomic E-state index is 13.3. The van der Waals surface area contributed by atoms with Crippen molar-refractivity contribution in [1.82, 2.24) is 15.2 Å². The van der Waals surface area contributed by atoms with Crippen molar-refractivity contribution in [1.29, 1.82) is 0 Å². The first-order chi connectivity index (χ1) is 8.78. The van der Waals surface area contributed by atoms with Crippen LogP contribution in [-0.2, 0) is 6.54 Å². The zero-order valence-corrected chi connectivity index (χ0v) is 9.52. The molecule has 0 atom stereocenters. The van der Waals surface area contributed by atoms with Gasteiger partial charge < -0.3 is 10.7 Å². The molecule has 1 aromatic carbocycles. The van der Waals surface area contributed by atoms with E-state index >= 15 is 0 Å². The van der Waals surface area contributed by atoms with Crippen LogP contribution in [-0.4, -0.2) is 15.2 Å². The molecule has 3 aromatic rings. The molecule has 5 heteroatoms. The Kier molecular flexibility index (Phi) is 2.53. The summed E-state index contributed by atoms with van der Waals surface area (Å²) in [6.07, 6.45) is 3.42. The number of nitrogens with two attached hydrogens (primary N) is 1. The van der Waals surface area contributed by atoms with Gasteiger partial charge in [-0.3, -0.25) is 0 Å². The summed E-state index contributed by atoms with van der Waals surface area (Å²) in [5, 5.41) is 8.75. The number of nitrogens with one attached hydrogen (secondary N) is 1. The van der Waals surface area contributed by atoms with E-state index in [4.69, 9.17) is 5.73 Å². The van der Waals surface area contributed by atoms with Crippen LogP contribution in [0.3, 0.4) is 0 Å². The maximum atomic E-state index is 13.3. The molecular formula is C13H11FN4. The first kappa shape index (κ1) is 10.9. The molecule has 0 aliphatic carbocycles. The Morgan fingerprint density at radius 1 is 1.28 bits per heavy atom. The molecule has 2 heterocycles. The van der Waals surface area contributed by atoms with Crippen LogP contribution in [0.1, 0.15) is 5.56 Å². The van der Waals surface area contributed by atoms with Crippen molar-refractivity contribution in [3.05, 3.63) is 48.0 Å². The molecule has 0 unspecified atom stereocenters. The van der Waals surface area contributed by atoms with Crippen molar-refractivity contribution >= 4 is 10.9 Å². The van der Waals surface area contributed by atoms with Crippen LogP contribution in [0.2, 0.25) is 0 Å². The Hall–Kier alpha value is -2.27. The zero-order chi connectivity index (χ0) is 12.5. The van der Waals surface area contributed by atoms with Crippen LogP contribution in [0.5, 0.6) is 0 Å². The predicted molar refractivity (Wildman–Crippen MR) is 67.2 cm³/mol. The standard InChI is InChI=1S/C13H11FN4/c14-9-1-2-12-10(4-9)11(7-16-12)13-3-8(5-15)6-17-18-13/h1-4,6-7,16H,5,15H2. The van der Waals surface area contributed by atoms with Crippen molar-refractivity contribution < 1.29 is 4.39 Å². The minimum atomic E-state index is -0.272. The van der Waals surface area contributed by atoms with Gasteiger partial charge in [-0.2, -0.15) is 10.2 Å². The van der Waals surface area contributed by atoms with E-state index in [9.17, 15) is 4.39 Å². The molecule has 0 spiro atoms. The fourth-order valence-corrected chi connectivity index (χ4v) is 1.95. The average Bonchev–Trinajstić information content (AvgIpc) is 2.81. The van der Waals surface area contributed by atoms with Gasteiger partial charge >= 0.3 is 0 Å². The lowest BCUT2D eigenvalue weighted by Gasteiger charge is -2.00. The van der Waals surface area contributed by atoms with Crippen molar-refractivity contribution in [3.8, 4) is 11.3 Å². The molecule has 3 N–H and O–H groups in total. The summed E-state index contributed by atoms with van der Waals surface area (Å²) in [7, 11) is 0. The first-order valence-corrected chi connectivity index (χ1v) is 5.56. The van der Waals surface area contributed by atoms with Gasteiger partial charge in [-0.1, -0.05) is 0 Å². The molecule has 0 fully saturated rings. The van der Waals surface area contributed by atoms with Crippen LogP contribution in [0.15, 0.2) is 36.7 Å². The molecule has 0 aliphatic heterocycles. The van der Waals surface area contributed by atoms with Crippen LogP contribution in [0.25, 0.3) is 22.2 Å². The van der Waals surface area contributed by atoms with Crippen molar-refractivity contribution in [2.45, 2.75) is 6.54 Å². The van der Waals surface area contributed by atoms with E-state index in [0.717, 1.165) is 22.0 Å². The fraction of sp³-hybridized carbons (Fsp3) is 0.0769. The van der Waals surface area contributed by atoms with Gasteiger partial charge in [-0.05, 0) is 29.8 Å². The molecule has 0 amide bonds. The number of fused-ring (bicyclic) bond motifs is 1. The smallest absolute Gasteiger partial charge is 0.123 e. The number of aromatic nitrogens is 3. The van der Waals surface area contributed by atoms with Crippen molar-refractivity contribution in [2.75, 3.05) is 0 Å². The third-order valence-electron chi connectivity index (χ3n) is 2.87. The fourth-order valence-electron chi connectivity index (χ4n) is 1.95. The first-order valence-electron chi connectivity index (χ1n) is 5.56. The monoisotopic (exact) mass is 242 g/mol. The molecule has 18 heavy (non-hydrogen) atoms. The molecular weight excluding hydrogens is 231 g/mol. The summed E-state index contributed by atoms with van der Waals surface area (Å²) in [5.41, 5.74) is 8.85. The van der Waals surface area contributed by atoms with E-state index in [1.807, 2.05) is 6.07 Å². The Labute approximate surface area is 103 Å². The number of benzene rings is 1. The third-order valence-corrected chi connectivity index (χ3v) is 2.87. The van der Waals surface area contributed by atoms with Gasteiger partial charge in [0.25, 0.3) is 0 Å². The molecule has 0 bridgehead atoms. The summed E-state index contributed by atoms with van der Waals surface area (Å²) in [6.45, 7) is 0.402. The van der Waals surface area contributed by atoms with E-state index < -0.39 is 0 Å². The van der Waals surface area contributed by atoms with Gasteiger partial charge in [0, 0.05) is 29.2 Å². The predicted octanol–water partition coefficient (Wildman–Crippen LogP) is 2.22. The van der Waals surface area contributed by atoms with Crippen LogP contribution in [0, 0.1) is 5.82 Å². The van der Waals surface area contributed by atoms with E-state index in [-0.39, 0.29) is 5.82 Å². The summed E-state index contributed by atoms with van der Waals surface area (Å²) < 4.78 is 13.3. The number of hydrogen-bond donors (Lipinski definition) is 2. The van der Waals surface area contributed by atoms with Crippen LogP contribution < -0.4 is 5.73 Å². The number of hydrogen-bond acceptors (Lipinski definition) is 3. The highest BCUT2D eigenvalue weighted by Gasteiger charge is 2.09. The van der Waals surface area contributed by atoms with E-state index in [1.165, 1.54) is 12.1 Å². The Bertz CT molecular complexity index is 705. The minimum Gasteiger partial charge on any atom is -0.360 e. The topological polar surface area (TPSA) is 67.6 Å². The molecule has 4 nitrogen and oxygen atoms in total. The molecule has 0 saturated carbocycles. The van der Waals surface area contributed by atoms with Crippen molar-refractivity contribution in [2.24, 2.45) is 5.73 Å². The third kappa shape index (κ3) is 1.74. The molecule has 90 valence electrons. The number of H-pyrrole nitrogens is 1. The highest BCUT2D eigenvalue weighted by Crippen LogP contribution is 2.27. The van der Waals surface area contributed by atoms with Gasteiger partial charge in [0.1, 0.15) is 5.82 Å². The van der Waals surface area contributed by atoms with Gasteiger partial charge in [-0.15, -0.1) is 0 Å². The number of halogens is 1. The number of rotatable bonds is 2. The largest absolute Gasteiger partial charge is 0.360 e. The molecule has 0 radical (unpaired) electrons. The highest BCUT2D eigenvalue weighted by molar-refractivity contribution is 5.94. The highest BCUT2D eigenvalue weighted by atomic mass is 19.1. The second-order valence-electron chi connectivity index (χ2n) is 4.05. The van der Waals surface area contributed by atoms with Crippen LogP contribution in [0.4, 0.5) is 4.39 Å². The van der Waals surface area contributed by atoms with E-state index in [1.54, 1.807) is 18.5 Å². The SMILES string of the molecule is NCc1cnnc(-c2c[nH]c3ccc(F)cc23)c1. The Morgan fingerprint density at radius 2 is 2.17 bits per heavy atom. The molecule has 0 aliphatic rings. The summed E-state index contributed by atoms with van der Waals surface area (Å²) in [6, 6.07) is 6.47. The maximum Gasteiger partial charge on any atom is 0.123 e. The molecule has 0 saturated heterocycles. The second-order valence-corrected chi connectivity index (χ2v) is 4.05. The molecule has 2 aromatic heterocycles. The van der Waals surface area contributed by atoms with E-state index in [0.29, 0.717) is 12.2 Å². The van der Waals surface area contributed by atoms with Crippen molar-refractivity contribution in [3.63, 3.8) is 0 Å². The lowest BCUT2D eigenvalue weighted by molar-refractivity contribution is 0.630. The van der Waals surface area contributed by atoms with Gasteiger partial charge in [0.15, 0.2) is 0 Å². The normalized spacial score (nSPS) is 11.0. The summed E-state index contributed by atoms with van der Waals surface area (Å²) in [5.74, 6) is -0.272. The van der Waals surface area contributed by atoms with E-state index in [2.05, 4.69) is 15.2 Å². The van der Waals surface area contributed by atoms with Crippen LogP contribution >= 0.6 is 0 Å². The van der Waals surface area contributed by atoms with Gasteiger partial charge in [0.2, 0.25) is 0 Å². The quantitative estimate of drug-likeness (QED) is 0.724. The van der Waals surface area contributed by atoms with Gasteiger partial charge in [0.05, 0.1) is 11.9 Å². The number of aromatic amines is 1. The lowest BCUT2D eigenvalue weighted by atomic mass is 10.1. The lowest BCUT2D eigenvalue weighted by Crippen LogP contribution is -1.98. The zero-order valence-electron chi connectivity index (χ0n) is 9.52.